The third-order valence-electron chi connectivity index (χ3n) is 9.58. The predicted octanol–water partition coefficient (Wildman–Crippen LogP) is 0.891. The number of aliphatic carboxylic acids is 2. The Hall–Kier alpha value is -5.86. The molecule has 3 aliphatic rings. The lowest BCUT2D eigenvalue weighted by Gasteiger charge is -2.49. The number of nitrogens with one attached hydrogen (secondary N) is 2. The van der Waals surface area contributed by atoms with Crippen LogP contribution < -0.4 is 26.7 Å². The molecule has 56 heavy (non-hydrogen) atoms. The number of carboxylic acids is 2. The Bertz CT molecular complexity index is 2290. The minimum absolute atomic E-state index is 0.0206. The van der Waals surface area contributed by atoms with Crippen LogP contribution in [0.2, 0.25) is 0 Å². The van der Waals surface area contributed by atoms with Crippen LogP contribution in [0.3, 0.4) is 0 Å². The van der Waals surface area contributed by atoms with Gasteiger partial charge in [-0.1, -0.05) is 29.4 Å². The van der Waals surface area contributed by atoms with Gasteiger partial charge in [-0.25, -0.2) is 19.1 Å². The molecule has 1 aromatic carbocycles. The number of nitrogens with zero attached hydrogens (tertiary/aromatic N) is 7. The number of benzene rings is 1. The number of carboxylic acid groups (broad SMARTS) is 2. The van der Waals surface area contributed by atoms with Crippen molar-refractivity contribution >= 4 is 74.4 Å². The van der Waals surface area contributed by atoms with Crippen LogP contribution in [0.4, 0.5) is 5.13 Å². The number of pyridine rings is 1. The maximum Gasteiger partial charge on any atom is 0.352 e. The van der Waals surface area contributed by atoms with Gasteiger partial charge in [0.05, 0.1) is 29.7 Å². The molecule has 0 saturated carbocycles. The molecule has 2 amide bonds. The smallest absolute Gasteiger partial charge is 0.352 e. The number of amides is 2. The second-order valence-corrected chi connectivity index (χ2v) is 16.0. The Morgan fingerprint density at radius 1 is 1.20 bits per heavy atom. The van der Waals surface area contributed by atoms with Crippen molar-refractivity contribution in [1.82, 2.24) is 30.3 Å². The number of piperidine rings is 1. The number of aliphatic imine (C=N–C) groups is 1. The Kier molecular flexibility index (Phi) is 10.8. The summed E-state index contributed by atoms with van der Waals surface area (Å²) in [6.07, 6.45) is 7.57. The molecule has 2 saturated heterocycles. The van der Waals surface area contributed by atoms with E-state index in [0.29, 0.717) is 18.0 Å². The Labute approximate surface area is 328 Å². The standard InChI is InChI=1S/C36H39N11O7S2/c1-36(2,34(52)53)54-44-26(24-18-56-35(38)42-24)30(48)43-27-31(49)47-28(33(50)51)22(17-55-32(27)47)16-45-11-9-25-21(15-45)12-40-46(25)14-19-5-7-20(8-6-19)29(37)41-23-4-3-10-39-13-23/h5-9,11-12,15,18,23,27,32,39H,3-4,10,13-14,16-17H2,1-2H3,(H6-,37,38,41,42,43,48,50,51,52,53)/p+1/t23-,27-,32-/m1/s1. The topological polar surface area (TPSA) is 257 Å². The number of carbonyl (C=O) groups excluding carboxylic acids is 2. The summed E-state index contributed by atoms with van der Waals surface area (Å²) in [5, 5.41) is 35.7. The highest BCUT2D eigenvalue weighted by Crippen LogP contribution is 2.40. The van der Waals surface area contributed by atoms with E-state index < -0.39 is 40.8 Å². The number of hydrogen-bond acceptors (Lipinski definition) is 13. The van der Waals surface area contributed by atoms with Crippen molar-refractivity contribution < 1.29 is 38.8 Å². The molecule has 0 bridgehead atoms. The molecule has 20 heteroatoms. The minimum Gasteiger partial charge on any atom is -0.478 e. The first kappa shape index (κ1) is 38.4. The number of nitrogens with two attached hydrogens (primary N) is 2. The average molecular weight is 803 g/mol. The number of aromatic nitrogens is 4. The Morgan fingerprint density at radius 3 is 2.66 bits per heavy atom. The first-order valence-electron chi connectivity index (χ1n) is 17.7. The number of hydrogen-bond donors (Lipinski definition) is 6. The fourth-order valence-corrected chi connectivity index (χ4v) is 8.39. The van der Waals surface area contributed by atoms with Gasteiger partial charge >= 0.3 is 11.9 Å². The van der Waals surface area contributed by atoms with Crippen molar-refractivity contribution in [2.75, 3.05) is 24.6 Å². The molecule has 0 aliphatic carbocycles. The molecule has 3 aliphatic heterocycles. The maximum absolute atomic E-state index is 13.5. The summed E-state index contributed by atoms with van der Waals surface area (Å²) in [6, 6.07) is 8.96. The fraction of sp³-hybridized carbons (Fsp3) is 0.361. The van der Waals surface area contributed by atoms with Crippen LogP contribution in [0.25, 0.3) is 10.9 Å². The first-order chi connectivity index (χ1) is 26.8. The normalized spacial score (nSPS) is 20.4. The number of nitrogen functional groups attached to an aromatic ring is 1. The van der Waals surface area contributed by atoms with Gasteiger partial charge in [0, 0.05) is 34.9 Å². The molecular formula is C36H40N11O7S2+. The number of rotatable bonds is 13. The second-order valence-electron chi connectivity index (χ2n) is 14.0. The number of β-lactam (4-membered cyclic amide) rings is 1. The van der Waals surface area contributed by atoms with Gasteiger partial charge in [-0.15, -0.1) is 23.1 Å². The molecule has 4 aromatic rings. The van der Waals surface area contributed by atoms with E-state index in [1.54, 1.807) is 6.20 Å². The van der Waals surface area contributed by atoms with E-state index in [-0.39, 0.29) is 40.6 Å². The Morgan fingerprint density at radius 2 is 1.98 bits per heavy atom. The van der Waals surface area contributed by atoms with Crippen LogP contribution in [0.15, 0.2) is 75.7 Å². The number of fused-ring (bicyclic) bond motifs is 2. The van der Waals surface area contributed by atoms with Gasteiger partial charge < -0.3 is 37.2 Å². The molecule has 7 rings (SSSR count). The van der Waals surface area contributed by atoms with Crippen LogP contribution in [-0.2, 0) is 37.1 Å². The van der Waals surface area contributed by atoms with E-state index in [2.05, 4.69) is 25.9 Å². The predicted molar refractivity (Wildman–Crippen MR) is 208 cm³/mol. The third kappa shape index (κ3) is 7.93. The zero-order valence-corrected chi connectivity index (χ0v) is 32.0. The molecule has 3 atom stereocenters. The largest absolute Gasteiger partial charge is 0.478 e. The summed E-state index contributed by atoms with van der Waals surface area (Å²) >= 11 is 2.33. The highest BCUT2D eigenvalue weighted by atomic mass is 32.2. The summed E-state index contributed by atoms with van der Waals surface area (Å²) in [5.74, 6) is -3.29. The van der Waals surface area contributed by atoms with Crippen molar-refractivity contribution in [3.8, 4) is 0 Å². The van der Waals surface area contributed by atoms with Crippen LogP contribution in [0.5, 0.6) is 0 Å². The van der Waals surface area contributed by atoms with Gasteiger partial charge in [-0.3, -0.25) is 24.2 Å². The molecule has 3 aromatic heterocycles. The molecule has 0 unspecified atom stereocenters. The Balaban J connectivity index is 1.03. The molecule has 2 fully saturated rings. The van der Waals surface area contributed by atoms with Crippen molar-refractivity contribution in [2.24, 2.45) is 15.9 Å². The summed E-state index contributed by atoms with van der Waals surface area (Å²) < 4.78 is 3.73. The van der Waals surface area contributed by atoms with Gasteiger partial charge in [0.25, 0.3) is 11.8 Å². The monoisotopic (exact) mass is 802 g/mol. The maximum atomic E-state index is 13.5. The summed E-state index contributed by atoms with van der Waals surface area (Å²) in [4.78, 5) is 66.1. The number of thioether (sulfide) groups is 1. The quantitative estimate of drug-likeness (QED) is 0.0362. The number of amidine groups is 1. The number of oxime groups is 1. The number of carbonyl (C=O) groups is 4. The van der Waals surface area contributed by atoms with E-state index in [0.717, 1.165) is 59.3 Å². The van der Waals surface area contributed by atoms with Crippen LogP contribution >= 0.6 is 23.1 Å². The van der Waals surface area contributed by atoms with Crippen LogP contribution in [-0.4, -0.2) is 107 Å². The molecule has 8 N–H and O–H groups in total. The summed E-state index contributed by atoms with van der Waals surface area (Å²) in [6.45, 7) is 5.08. The van der Waals surface area contributed by atoms with Gasteiger partial charge in [0.15, 0.2) is 29.8 Å². The van der Waals surface area contributed by atoms with E-state index >= 15 is 0 Å². The van der Waals surface area contributed by atoms with Crippen LogP contribution in [0, 0.1) is 0 Å². The van der Waals surface area contributed by atoms with Crippen molar-refractivity contribution in [1.29, 1.82) is 0 Å². The van der Waals surface area contributed by atoms with Crippen LogP contribution in [0.1, 0.15) is 43.5 Å². The number of anilines is 1. The van der Waals surface area contributed by atoms with Gasteiger partial charge in [-0.2, -0.15) is 5.10 Å². The lowest BCUT2D eigenvalue weighted by Crippen LogP contribution is -2.71. The molecule has 0 radical (unpaired) electrons. The minimum atomic E-state index is -1.78. The molecule has 292 valence electrons. The molecular weight excluding hydrogens is 763 g/mol. The van der Waals surface area contributed by atoms with E-state index in [9.17, 15) is 29.4 Å². The lowest BCUT2D eigenvalue weighted by molar-refractivity contribution is -0.687. The molecule has 0 spiro atoms. The van der Waals surface area contributed by atoms with Crippen molar-refractivity contribution in [3.05, 3.63) is 82.4 Å². The highest BCUT2D eigenvalue weighted by Gasteiger charge is 2.55. The fourth-order valence-electron chi connectivity index (χ4n) is 6.51. The molecule has 6 heterocycles. The lowest BCUT2D eigenvalue weighted by atomic mass is 10.0. The van der Waals surface area contributed by atoms with Crippen molar-refractivity contribution in [2.45, 2.75) is 62.8 Å². The first-order valence-corrected chi connectivity index (χ1v) is 19.6. The van der Waals surface area contributed by atoms with E-state index in [4.69, 9.17) is 21.3 Å². The zero-order valence-electron chi connectivity index (χ0n) is 30.4. The molecule has 18 nitrogen and oxygen atoms in total. The summed E-state index contributed by atoms with van der Waals surface area (Å²) in [7, 11) is 0. The zero-order chi connectivity index (χ0) is 39.7. The van der Waals surface area contributed by atoms with Gasteiger partial charge in [0.1, 0.15) is 28.6 Å². The highest BCUT2D eigenvalue weighted by molar-refractivity contribution is 8.00. The van der Waals surface area contributed by atoms with E-state index in [1.165, 1.54) is 35.9 Å². The van der Waals surface area contributed by atoms with Gasteiger partial charge in [-0.05, 0) is 38.8 Å². The second kappa shape index (κ2) is 15.7. The third-order valence-corrected chi connectivity index (χ3v) is 11.6. The average Bonchev–Trinajstić information content (AvgIpc) is 3.79. The summed E-state index contributed by atoms with van der Waals surface area (Å²) in [5.41, 5.74) is 13.1. The van der Waals surface area contributed by atoms with Crippen molar-refractivity contribution in [3.63, 3.8) is 0 Å². The van der Waals surface area contributed by atoms with E-state index in [1.807, 2.05) is 52.0 Å². The number of thiazole rings is 1. The van der Waals surface area contributed by atoms with Gasteiger partial charge in [0.2, 0.25) is 5.60 Å². The SMILES string of the molecule is CC(C)(ON=C(C(=O)N[C@@H]1C(=O)N2C(C(=O)O)=C(C[n+]3ccc4c(cnn4Cc4ccc(C(N)=N[C@@H]5CCCNC5)cc4)c3)CS[C@H]12)c1csc(N)n1)C(=O)O.